The summed E-state index contributed by atoms with van der Waals surface area (Å²) in [6.45, 7) is 2.43. The predicted molar refractivity (Wildman–Crippen MR) is 102 cm³/mol. The SMILES string of the molecule is Cc1oc(-c2ccn[nH]2)cc1S(=O)(=O)N1CCC(C(O)c2cccs2)CC1. The number of hydrogen-bond acceptors (Lipinski definition) is 6. The van der Waals surface area contributed by atoms with Crippen LogP contribution in [-0.4, -0.2) is 41.1 Å². The summed E-state index contributed by atoms with van der Waals surface area (Å²) in [5, 5.41) is 19.1. The first kappa shape index (κ1) is 18.4. The Hall–Kier alpha value is -1.94. The molecule has 0 bridgehead atoms. The van der Waals surface area contributed by atoms with Gasteiger partial charge in [0.25, 0.3) is 0 Å². The zero-order valence-electron chi connectivity index (χ0n) is 14.8. The maximum atomic E-state index is 13.1. The monoisotopic (exact) mass is 407 g/mol. The Morgan fingerprint density at radius 3 is 2.78 bits per heavy atom. The number of furan rings is 1. The van der Waals surface area contributed by atoms with Crippen molar-refractivity contribution in [2.24, 2.45) is 5.92 Å². The number of aliphatic hydroxyl groups is 1. The number of aromatic nitrogens is 2. The molecular weight excluding hydrogens is 386 g/mol. The largest absolute Gasteiger partial charge is 0.458 e. The van der Waals surface area contributed by atoms with Crippen LogP contribution in [0.3, 0.4) is 0 Å². The van der Waals surface area contributed by atoms with E-state index in [-0.39, 0.29) is 10.8 Å². The van der Waals surface area contributed by atoms with E-state index < -0.39 is 16.1 Å². The number of aliphatic hydroxyl groups excluding tert-OH is 1. The lowest BCUT2D eigenvalue weighted by atomic mass is 9.91. The summed E-state index contributed by atoms with van der Waals surface area (Å²) in [4.78, 5) is 1.12. The Kier molecular flexibility index (Phi) is 4.94. The zero-order chi connectivity index (χ0) is 19.0. The van der Waals surface area contributed by atoms with E-state index in [1.165, 1.54) is 15.6 Å². The average Bonchev–Trinajstić information content (AvgIpc) is 3.42. The van der Waals surface area contributed by atoms with Crippen molar-refractivity contribution in [2.45, 2.75) is 30.8 Å². The number of sulfonamides is 1. The third kappa shape index (κ3) is 3.47. The molecule has 7 nitrogen and oxygen atoms in total. The maximum absolute atomic E-state index is 13.1. The summed E-state index contributed by atoms with van der Waals surface area (Å²) in [6.07, 6.45) is 2.31. The summed E-state index contributed by atoms with van der Waals surface area (Å²) in [6, 6.07) is 7.11. The Balaban J connectivity index is 1.49. The van der Waals surface area contributed by atoms with Gasteiger partial charge in [0, 0.05) is 30.2 Å². The number of rotatable bonds is 5. The second-order valence-electron chi connectivity index (χ2n) is 6.70. The Morgan fingerprint density at radius 1 is 1.37 bits per heavy atom. The van der Waals surface area contributed by atoms with Crippen molar-refractivity contribution in [1.82, 2.24) is 14.5 Å². The number of nitrogens with zero attached hydrogens (tertiary/aromatic N) is 2. The van der Waals surface area contributed by atoms with E-state index in [9.17, 15) is 13.5 Å². The molecule has 0 aliphatic carbocycles. The van der Waals surface area contributed by atoms with Crippen molar-refractivity contribution in [3.63, 3.8) is 0 Å². The number of H-pyrrole nitrogens is 1. The minimum Gasteiger partial charge on any atom is -0.458 e. The van der Waals surface area contributed by atoms with Crippen LogP contribution in [0.15, 0.2) is 45.2 Å². The van der Waals surface area contributed by atoms with Gasteiger partial charge in [0.15, 0.2) is 5.76 Å². The maximum Gasteiger partial charge on any atom is 0.246 e. The van der Waals surface area contributed by atoms with Gasteiger partial charge in [0.2, 0.25) is 10.0 Å². The molecule has 1 saturated heterocycles. The van der Waals surface area contributed by atoms with E-state index in [1.807, 2.05) is 17.5 Å². The van der Waals surface area contributed by atoms with Gasteiger partial charge in [0.05, 0.1) is 6.10 Å². The highest BCUT2D eigenvalue weighted by Crippen LogP contribution is 2.35. The molecule has 1 unspecified atom stereocenters. The molecule has 0 saturated carbocycles. The van der Waals surface area contributed by atoms with E-state index in [1.54, 1.807) is 25.3 Å². The van der Waals surface area contributed by atoms with Crippen LogP contribution in [0.2, 0.25) is 0 Å². The van der Waals surface area contributed by atoms with Gasteiger partial charge in [0.1, 0.15) is 16.3 Å². The van der Waals surface area contributed by atoms with Crippen LogP contribution in [-0.2, 0) is 10.0 Å². The molecular formula is C18H21N3O4S2. The van der Waals surface area contributed by atoms with Crippen molar-refractivity contribution in [3.05, 3.63) is 46.5 Å². The van der Waals surface area contributed by atoms with Crippen molar-refractivity contribution in [3.8, 4) is 11.5 Å². The second-order valence-corrected chi connectivity index (χ2v) is 9.59. The number of aryl methyl sites for hydroxylation is 1. The lowest BCUT2D eigenvalue weighted by Gasteiger charge is -2.33. The highest BCUT2D eigenvalue weighted by molar-refractivity contribution is 7.89. The molecule has 2 N–H and O–H groups in total. The molecule has 4 heterocycles. The Morgan fingerprint density at radius 2 is 2.15 bits per heavy atom. The average molecular weight is 408 g/mol. The summed E-state index contributed by atoms with van der Waals surface area (Å²) < 4.78 is 33.3. The molecule has 3 aromatic heterocycles. The van der Waals surface area contributed by atoms with E-state index in [0.717, 1.165) is 4.88 Å². The highest BCUT2D eigenvalue weighted by atomic mass is 32.2. The van der Waals surface area contributed by atoms with E-state index in [0.29, 0.717) is 43.1 Å². The van der Waals surface area contributed by atoms with Crippen molar-refractivity contribution >= 4 is 21.4 Å². The van der Waals surface area contributed by atoms with Gasteiger partial charge < -0.3 is 9.52 Å². The van der Waals surface area contributed by atoms with Crippen LogP contribution >= 0.6 is 11.3 Å². The van der Waals surface area contributed by atoms with E-state index in [4.69, 9.17) is 4.42 Å². The lowest BCUT2D eigenvalue weighted by Crippen LogP contribution is -2.39. The normalized spacial score (nSPS) is 18.0. The number of thiophene rings is 1. The number of aromatic amines is 1. The van der Waals surface area contributed by atoms with Crippen LogP contribution in [0.25, 0.3) is 11.5 Å². The fourth-order valence-corrected chi connectivity index (χ4v) is 5.94. The molecule has 1 atom stereocenters. The summed E-state index contributed by atoms with van der Waals surface area (Å²) >= 11 is 1.53. The van der Waals surface area contributed by atoms with Crippen molar-refractivity contribution in [1.29, 1.82) is 0 Å². The molecule has 4 rings (SSSR count). The minimum atomic E-state index is -3.64. The molecule has 1 fully saturated rings. The van der Waals surface area contributed by atoms with Crippen LogP contribution in [0.4, 0.5) is 0 Å². The molecule has 144 valence electrons. The fourth-order valence-electron chi connectivity index (χ4n) is 3.51. The van der Waals surface area contributed by atoms with Gasteiger partial charge in [-0.2, -0.15) is 9.40 Å². The van der Waals surface area contributed by atoms with Crippen LogP contribution < -0.4 is 0 Å². The zero-order valence-corrected chi connectivity index (χ0v) is 16.5. The van der Waals surface area contributed by atoms with Gasteiger partial charge in [-0.25, -0.2) is 8.42 Å². The molecule has 0 spiro atoms. The van der Waals surface area contributed by atoms with Crippen LogP contribution in [0.5, 0.6) is 0 Å². The van der Waals surface area contributed by atoms with E-state index >= 15 is 0 Å². The summed E-state index contributed by atoms with van der Waals surface area (Å²) in [5.41, 5.74) is 0.636. The first-order valence-electron chi connectivity index (χ1n) is 8.78. The number of hydrogen-bond donors (Lipinski definition) is 2. The van der Waals surface area contributed by atoms with Gasteiger partial charge in [-0.05, 0) is 43.2 Å². The molecule has 27 heavy (non-hydrogen) atoms. The topological polar surface area (TPSA) is 99.4 Å². The number of piperidine rings is 1. The van der Waals surface area contributed by atoms with Crippen LogP contribution in [0.1, 0.15) is 29.6 Å². The minimum absolute atomic E-state index is 0.0705. The van der Waals surface area contributed by atoms with Crippen molar-refractivity contribution < 1.29 is 17.9 Å². The fraction of sp³-hybridized carbons (Fsp3) is 0.389. The van der Waals surface area contributed by atoms with Gasteiger partial charge in [-0.15, -0.1) is 11.3 Å². The summed E-state index contributed by atoms with van der Waals surface area (Å²) in [7, 11) is -3.64. The lowest BCUT2D eigenvalue weighted by molar-refractivity contribution is 0.0788. The third-order valence-corrected chi connectivity index (χ3v) is 7.99. The predicted octanol–water partition coefficient (Wildman–Crippen LogP) is 3.17. The Bertz CT molecular complexity index is 986. The van der Waals surface area contributed by atoms with E-state index in [2.05, 4.69) is 10.2 Å². The van der Waals surface area contributed by atoms with Crippen LogP contribution in [0, 0.1) is 12.8 Å². The third-order valence-electron chi connectivity index (χ3n) is 5.04. The van der Waals surface area contributed by atoms with Gasteiger partial charge >= 0.3 is 0 Å². The number of nitrogens with one attached hydrogen (secondary N) is 1. The first-order valence-corrected chi connectivity index (χ1v) is 11.1. The molecule has 0 radical (unpaired) electrons. The quantitative estimate of drug-likeness (QED) is 0.677. The molecule has 1 aliphatic heterocycles. The summed E-state index contributed by atoms with van der Waals surface area (Å²) in [5.74, 6) is 0.882. The van der Waals surface area contributed by atoms with Crippen molar-refractivity contribution in [2.75, 3.05) is 13.1 Å². The van der Waals surface area contributed by atoms with Gasteiger partial charge in [-0.3, -0.25) is 5.10 Å². The standard InChI is InChI=1S/C18H21N3O4S2/c1-12-17(11-15(25-12)14-4-7-19-20-14)27(23,24)21-8-5-13(6-9-21)18(22)16-3-2-10-26-16/h2-4,7,10-11,13,18,22H,5-6,8-9H2,1H3,(H,19,20). The Labute approximate surface area is 161 Å². The smallest absolute Gasteiger partial charge is 0.246 e. The molecule has 0 amide bonds. The second kappa shape index (κ2) is 7.23. The molecule has 3 aromatic rings. The molecule has 9 heteroatoms. The molecule has 1 aliphatic rings. The first-order chi connectivity index (χ1) is 13.0. The molecule has 0 aromatic carbocycles. The highest BCUT2D eigenvalue weighted by Gasteiger charge is 2.34. The van der Waals surface area contributed by atoms with Gasteiger partial charge in [-0.1, -0.05) is 6.07 Å².